The molecule has 0 saturated carbocycles. The minimum atomic E-state index is -3.81. The number of nitrogens with zero attached hydrogens (tertiary/aromatic N) is 4. The molecule has 8 nitrogen and oxygen atoms in total. The van der Waals surface area contributed by atoms with E-state index in [4.69, 9.17) is 11.6 Å². The molecule has 0 fully saturated rings. The number of hydrogen-bond acceptors (Lipinski definition) is 6. The number of anilines is 1. The Morgan fingerprint density at radius 2 is 2.08 bits per heavy atom. The summed E-state index contributed by atoms with van der Waals surface area (Å²) in [6, 6.07) is 6.91. The minimum absolute atomic E-state index is 0.0930. The summed E-state index contributed by atoms with van der Waals surface area (Å²) in [5.74, 6) is -0.795. The molecule has 0 radical (unpaired) electrons. The number of rotatable bonds is 4. The van der Waals surface area contributed by atoms with E-state index >= 15 is 0 Å². The number of aromatic nitrogens is 3. The van der Waals surface area contributed by atoms with Gasteiger partial charge in [-0.2, -0.15) is 4.98 Å². The van der Waals surface area contributed by atoms with E-state index in [1.165, 1.54) is 17.9 Å². The van der Waals surface area contributed by atoms with Crippen LogP contribution in [0.5, 0.6) is 0 Å². The summed E-state index contributed by atoms with van der Waals surface area (Å²) in [5.41, 5.74) is 0.585. The van der Waals surface area contributed by atoms with Crippen molar-refractivity contribution in [3.05, 3.63) is 46.1 Å². The lowest BCUT2D eigenvalue weighted by Crippen LogP contribution is -2.36. The molecule has 10 heteroatoms. The van der Waals surface area contributed by atoms with Gasteiger partial charge < -0.3 is 4.74 Å². The average Bonchev–Trinajstić information content (AvgIpc) is 3.04. The summed E-state index contributed by atoms with van der Waals surface area (Å²) < 4.78 is 32.4. The van der Waals surface area contributed by atoms with Crippen LogP contribution in [-0.4, -0.2) is 42.8 Å². The van der Waals surface area contributed by atoms with Crippen molar-refractivity contribution < 1.29 is 17.9 Å². The molecule has 3 rings (SSSR count). The second kappa shape index (κ2) is 6.85. The fourth-order valence-corrected chi connectivity index (χ4v) is 3.80. The SMILES string of the molecule is COC(=O)c1nc2n(n1)CCCN2S(=O)(=O)C=Cc1ccccc1Cl. The number of hydrogen-bond donors (Lipinski definition) is 0. The van der Waals surface area contributed by atoms with Gasteiger partial charge >= 0.3 is 5.97 Å². The highest BCUT2D eigenvalue weighted by molar-refractivity contribution is 7.95. The molecule has 2 heterocycles. The van der Waals surface area contributed by atoms with Crippen LogP contribution in [0.2, 0.25) is 5.02 Å². The quantitative estimate of drug-likeness (QED) is 0.750. The third-order valence-corrected chi connectivity index (χ3v) is 5.39. The van der Waals surface area contributed by atoms with E-state index in [1.807, 2.05) is 0 Å². The van der Waals surface area contributed by atoms with E-state index in [1.54, 1.807) is 24.3 Å². The zero-order chi connectivity index (χ0) is 18.0. The molecule has 0 N–H and O–H groups in total. The lowest BCUT2D eigenvalue weighted by atomic mass is 10.2. The number of benzene rings is 1. The zero-order valence-electron chi connectivity index (χ0n) is 13.3. The average molecular weight is 383 g/mol. The molecule has 0 bridgehead atoms. The molecule has 0 unspecified atom stereocenters. The van der Waals surface area contributed by atoms with E-state index in [2.05, 4.69) is 14.8 Å². The van der Waals surface area contributed by atoms with Crippen LogP contribution in [0.4, 0.5) is 5.95 Å². The van der Waals surface area contributed by atoms with Gasteiger partial charge in [-0.25, -0.2) is 22.2 Å². The third kappa shape index (κ3) is 3.52. The summed E-state index contributed by atoms with van der Waals surface area (Å²) in [6.45, 7) is 0.716. The summed E-state index contributed by atoms with van der Waals surface area (Å²) in [7, 11) is -2.60. The number of esters is 1. The molecule has 25 heavy (non-hydrogen) atoms. The van der Waals surface area contributed by atoms with E-state index in [-0.39, 0.29) is 18.3 Å². The molecule has 2 aromatic rings. The van der Waals surface area contributed by atoms with E-state index in [0.717, 1.165) is 9.71 Å². The highest BCUT2D eigenvalue weighted by atomic mass is 35.5. The minimum Gasteiger partial charge on any atom is -0.463 e. The lowest BCUT2D eigenvalue weighted by molar-refractivity contribution is 0.0586. The fourth-order valence-electron chi connectivity index (χ4n) is 2.39. The second-order valence-electron chi connectivity index (χ2n) is 5.25. The van der Waals surface area contributed by atoms with Gasteiger partial charge in [-0.3, -0.25) is 0 Å². The van der Waals surface area contributed by atoms with Crippen LogP contribution in [0, 0.1) is 0 Å². The Morgan fingerprint density at radius 1 is 1.32 bits per heavy atom. The second-order valence-corrected chi connectivity index (χ2v) is 7.40. The fraction of sp³-hybridized carbons (Fsp3) is 0.267. The molecule has 1 aromatic carbocycles. The van der Waals surface area contributed by atoms with Crippen molar-refractivity contribution in [1.82, 2.24) is 14.8 Å². The third-order valence-electron chi connectivity index (χ3n) is 3.61. The van der Waals surface area contributed by atoms with Crippen molar-refractivity contribution in [2.45, 2.75) is 13.0 Å². The summed E-state index contributed by atoms with van der Waals surface area (Å²) in [5, 5.41) is 5.51. The van der Waals surface area contributed by atoms with Crippen molar-refractivity contribution in [3.63, 3.8) is 0 Å². The van der Waals surface area contributed by atoms with Gasteiger partial charge in [0.15, 0.2) is 0 Å². The van der Waals surface area contributed by atoms with Crippen LogP contribution in [0.1, 0.15) is 22.6 Å². The normalized spacial score (nSPS) is 14.6. The summed E-state index contributed by atoms with van der Waals surface area (Å²) in [4.78, 5) is 15.6. The molecule has 0 saturated heterocycles. The molecule has 1 aliphatic rings. The summed E-state index contributed by atoms with van der Waals surface area (Å²) >= 11 is 6.04. The van der Waals surface area contributed by atoms with Gasteiger partial charge in [0.25, 0.3) is 15.8 Å². The van der Waals surface area contributed by atoms with Gasteiger partial charge in [-0.1, -0.05) is 29.8 Å². The Hall–Kier alpha value is -2.39. The van der Waals surface area contributed by atoms with E-state index in [0.29, 0.717) is 23.6 Å². The topological polar surface area (TPSA) is 94.4 Å². The predicted molar refractivity (Wildman–Crippen MR) is 92.7 cm³/mol. The molecular formula is C15H15ClN4O4S. The van der Waals surface area contributed by atoms with Crippen molar-refractivity contribution in [3.8, 4) is 0 Å². The molecule has 0 aliphatic carbocycles. The first-order chi connectivity index (χ1) is 11.9. The maximum Gasteiger partial charge on any atom is 0.378 e. The summed E-state index contributed by atoms with van der Waals surface area (Å²) in [6.07, 6.45) is 1.98. The standard InChI is InChI=1S/C15H15ClN4O4S/c1-24-14(21)13-17-15-19(18-13)8-4-9-20(15)25(22,23)10-7-11-5-2-3-6-12(11)16/h2-3,5-7,10H,4,8-9H2,1H3. The van der Waals surface area contributed by atoms with Crippen molar-refractivity contribution in [2.24, 2.45) is 0 Å². The Kier molecular flexibility index (Phi) is 4.78. The first-order valence-electron chi connectivity index (χ1n) is 7.41. The number of fused-ring (bicyclic) bond motifs is 1. The lowest BCUT2D eigenvalue weighted by Gasteiger charge is -2.25. The highest BCUT2D eigenvalue weighted by Gasteiger charge is 2.30. The highest BCUT2D eigenvalue weighted by Crippen LogP contribution is 2.24. The molecule has 0 atom stereocenters. The Bertz CT molecular complexity index is 939. The van der Waals surface area contributed by atoms with Gasteiger partial charge in [-0.05, 0) is 24.1 Å². The smallest absolute Gasteiger partial charge is 0.378 e. The Labute approximate surface area is 149 Å². The van der Waals surface area contributed by atoms with Crippen LogP contribution >= 0.6 is 11.6 Å². The number of methoxy groups -OCH3 is 1. The first kappa shape index (κ1) is 17.4. The van der Waals surface area contributed by atoms with Crippen LogP contribution in [0.15, 0.2) is 29.7 Å². The number of aryl methyl sites for hydroxylation is 1. The van der Waals surface area contributed by atoms with Gasteiger partial charge in [0.2, 0.25) is 5.95 Å². The molecular weight excluding hydrogens is 368 g/mol. The molecule has 132 valence electrons. The van der Waals surface area contributed by atoms with E-state index < -0.39 is 16.0 Å². The number of halogens is 1. The van der Waals surface area contributed by atoms with Gasteiger partial charge in [-0.15, -0.1) is 5.10 Å². The van der Waals surface area contributed by atoms with Crippen LogP contribution < -0.4 is 4.31 Å². The van der Waals surface area contributed by atoms with Crippen molar-refractivity contribution in [1.29, 1.82) is 0 Å². The predicted octanol–water partition coefficient (Wildman–Crippen LogP) is 1.93. The zero-order valence-corrected chi connectivity index (χ0v) is 14.9. The number of carbonyl (C=O) groups excluding carboxylic acids is 1. The number of ether oxygens (including phenoxy) is 1. The Morgan fingerprint density at radius 3 is 2.80 bits per heavy atom. The van der Waals surface area contributed by atoms with E-state index in [9.17, 15) is 13.2 Å². The van der Waals surface area contributed by atoms with Gasteiger partial charge in [0.1, 0.15) is 0 Å². The van der Waals surface area contributed by atoms with Crippen molar-refractivity contribution >= 4 is 39.6 Å². The van der Waals surface area contributed by atoms with Crippen LogP contribution in [0.25, 0.3) is 6.08 Å². The molecule has 1 aliphatic heterocycles. The van der Waals surface area contributed by atoms with Crippen molar-refractivity contribution in [2.75, 3.05) is 18.0 Å². The van der Waals surface area contributed by atoms with Crippen LogP contribution in [-0.2, 0) is 21.3 Å². The van der Waals surface area contributed by atoms with Gasteiger partial charge in [0, 0.05) is 18.1 Å². The number of sulfonamides is 1. The van der Waals surface area contributed by atoms with Gasteiger partial charge in [0.05, 0.1) is 12.5 Å². The first-order valence-corrected chi connectivity index (χ1v) is 9.29. The molecule has 0 spiro atoms. The molecule has 0 amide bonds. The molecule has 1 aromatic heterocycles. The number of carbonyl (C=O) groups is 1. The monoisotopic (exact) mass is 382 g/mol. The Balaban J connectivity index is 1.93. The largest absolute Gasteiger partial charge is 0.463 e. The van der Waals surface area contributed by atoms with Crippen LogP contribution in [0.3, 0.4) is 0 Å². The maximum absolute atomic E-state index is 12.7. The maximum atomic E-state index is 12.7.